The van der Waals surface area contributed by atoms with Crippen LogP contribution in [-0.4, -0.2) is 20.0 Å². The van der Waals surface area contributed by atoms with Gasteiger partial charge in [0.15, 0.2) is 0 Å². The third-order valence-electron chi connectivity index (χ3n) is 3.85. The highest BCUT2D eigenvalue weighted by atomic mass is 19.1. The number of rotatable bonds is 4. The standard InChI is InChI=1S/C16H15FN4O/c1-10-8-14(16-19-18-15(22-16)11-6-7-11)20-21(10)9-12-4-2-3-5-13(12)17/h2-5,8,11H,6-7,9H2,1H3. The summed E-state index contributed by atoms with van der Waals surface area (Å²) in [5.74, 6) is 1.31. The summed E-state index contributed by atoms with van der Waals surface area (Å²) in [6, 6.07) is 8.59. The first-order chi connectivity index (χ1) is 10.7. The Balaban J connectivity index is 1.62. The molecule has 2 heterocycles. The predicted molar refractivity (Wildman–Crippen MR) is 77.7 cm³/mol. The van der Waals surface area contributed by atoms with Crippen LogP contribution in [0.15, 0.2) is 34.7 Å². The molecule has 0 unspecified atom stereocenters. The Morgan fingerprint density at radius 2 is 2.09 bits per heavy atom. The van der Waals surface area contributed by atoms with Crippen LogP contribution in [0, 0.1) is 12.7 Å². The summed E-state index contributed by atoms with van der Waals surface area (Å²) in [6.07, 6.45) is 2.23. The van der Waals surface area contributed by atoms with E-state index in [9.17, 15) is 4.39 Å². The summed E-state index contributed by atoms with van der Waals surface area (Å²) in [6.45, 7) is 2.30. The third-order valence-corrected chi connectivity index (χ3v) is 3.85. The molecule has 5 nitrogen and oxygen atoms in total. The van der Waals surface area contributed by atoms with Gasteiger partial charge in [0.25, 0.3) is 5.89 Å². The summed E-state index contributed by atoms with van der Waals surface area (Å²) in [5, 5.41) is 12.6. The van der Waals surface area contributed by atoms with Gasteiger partial charge in [0, 0.05) is 17.2 Å². The molecule has 1 aliphatic rings. The normalized spacial score (nSPS) is 14.5. The number of halogens is 1. The van der Waals surface area contributed by atoms with Crippen molar-refractivity contribution in [2.24, 2.45) is 0 Å². The van der Waals surface area contributed by atoms with Crippen LogP contribution >= 0.6 is 0 Å². The third kappa shape index (κ3) is 2.41. The van der Waals surface area contributed by atoms with E-state index in [4.69, 9.17) is 4.42 Å². The molecule has 22 heavy (non-hydrogen) atoms. The molecule has 1 saturated carbocycles. The highest BCUT2D eigenvalue weighted by Crippen LogP contribution is 2.39. The minimum atomic E-state index is -0.229. The molecule has 3 aromatic rings. The highest BCUT2D eigenvalue weighted by molar-refractivity contribution is 5.46. The fraction of sp³-hybridized carbons (Fsp3) is 0.312. The van der Waals surface area contributed by atoms with Gasteiger partial charge in [-0.2, -0.15) is 5.10 Å². The molecule has 0 radical (unpaired) electrons. The van der Waals surface area contributed by atoms with Crippen LogP contribution in [0.2, 0.25) is 0 Å². The van der Waals surface area contributed by atoms with Crippen LogP contribution in [0.5, 0.6) is 0 Å². The van der Waals surface area contributed by atoms with Gasteiger partial charge in [0.1, 0.15) is 11.5 Å². The van der Waals surface area contributed by atoms with Crippen molar-refractivity contribution in [3.63, 3.8) is 0 Å². The number of aromatic nitrogens is 4. The smallest absolute Gasteiger partial charge is 0.268 e. The van der Waals surface area contributed by atoms with Crippen molar-refractivity contribution in [3.05, 3.63) is 53.3 Å². The van der Waals surface area contributed by atoms with E-state index in [-0.39, 0.29) is 5.82 Å². The monoisotopic (exact) mass is 298 g/mol. The molecule has 1 fully saturated rings. The Morgan fingerprint density at radius 1 is 1.27 bits per heavy atom. The van der Waals surface area contributed by atoms with E-state index in [0.717, 1.165) is 18.5 Å². The van der Waals surface area contributed by atoms with Crippen LogP contribution in [0.4, 0.5) is 4.39 Å². The lowest BCUT2D eigenvalue weighted by atomic mass is 10.2. The van der Waals surface area contributed by atoms with Gasteiger partial charge in [0.2, 0.25) is 5.89 Å². The molecular formula is C16H15FN4O. The molecular weight excluding hydrogens is 283 g/mol. The zero-order chi connectivity index (χ0) is 15.1. The van der Waals surface area contributed by atoms with Gasteiger partial charge in [-0.25, -0.2) is 4.39 Å². The van der Waals surface area contributed by atoms with Crippen molar-refractivity contribution in [2.45, 2.75) is 32.2 Å². The van der Waals surface area contributed by atoms with E-state index in [2.05, 4.69) is 15.3 Å². The first kappa shape index (κ1) is 13.2. The summed E-state index contributed by atoms with van der Waals surface area (Å²) < 4.78 is 21.2. The average molecular weight is 298 g/mol. The van der Waals surface area contributed by atoms with Crippen molar-refractivity contribution < 1.29 is 8.81 Å². The minimum Gasteiger partial charge on any atom is -0.419 e. The zero-order valence-electron chi connectivity index (χ0n) is 12.2. The van der Waals surface area contributed by atoms with Gasteiger partial charge >= 0.3 is 0 Å². The Bertz CT molecular complexity index is 819. The summed E-state index contributed by atoms with van der Waals surface area (Å²) in [4.78, 5) is 0. The second kappa shape index (κ2) is 5.05. The van der Waals surface area contributed by atoms with E-state index < -0.39 is 0 Å². The fourth-order valence-corrected chi connectivity index (χ4v) is 2.40. The Kier molecular flexibility index (Phi) is 3.03. The number of aryl methyl sites for hydroxylation is 1. The van der Waals surface area contributed by atoms with Gasteiger partial charge in [-0.3, -0.25) is 4.68 Å². The molecule has 0 saturated heterocycles. The summed E-state index contributed by atoms with van der Waals surface area (Å²) in [7, 11) is 0. The summed E-state index contributed by atoms with van der Waals surface area (Å²) in [5.41, 5.74) is 2.15. The molecule has 0 aliphatic heterocycles. The summed E-state index contributed by atoms with van der Waals surface area (Å²) >= 11 is 0. The van der Waals surface area contributed by atoms with E-state index in [1.807, 2.05) is 19.1 Å². The van der Waals surface area contributed by atoms with Crippen molar-refractivity contribution in [1.82, 2.24) is 20.0 Å². The van der Waals surface area contributed by atoms with Crippen molar-refractivity contribution in [3.8, 4) is 11.6 Å². The van der Waals surface area contributed by atoms with Gasteiger partial charge in [0.05, 0.1) is 6.54 Å². The van der Waals surface area contributed by atoms with Crippen LogP contribution in [0.25, 0.3) is 11.6 Å². The minimum absolute atomic E-state index is 0.229. The van der Waals surface area contributed by atoms with Crippen molar-refractivity contribution in [2.75, 3.05) is 0 Å². The Labute approximate surface area is 126 Å². The maximum atomic E-state index is 13.8. The molecule has 112 valence electrons. The van der Waals surface area contributed by atoms with Gasteiger partial charge in [-0.05, 0) is 31.9 Å². The molecule has 0 amide bonds. The lowest BCUT2D eigenvalue weighted by molar-refractivity contribution is 0.505. The van der Waals surface area contributed by atoms with E-state index in [1.54, 1.807) is 16.8 Å². The number of benzene rings is 1. The molecule has 1 aliphatic carbocycles. The maximum Gasteiger partial charge on any atom is 0.268 e. The maximum absolute atomic E-state index is 13.8. The Morgan fingerprint density at radius 3 is 2.86 bits per heavy atom. The van der Waals surface area contributed by atoms with Crippen molar-refractivity contribution in [1.29, 1.82) is 0 Å². The number of nitrogens with zero attached hydrogens (tertiary/aromatic N) is 4. The molecule has 4 rings (SSSR count). The zero-order valence-corrected chi connectivity index (χ0v) is 12.2. The fourth-order valence-electron chi connectivity index (χ4n) is 2.40. The van der Waals surface area contributed by atoms with Gasteiger partial charge < -0.3 is 4.42 Å². The lowest BCUT2D eigenvalue weighted by Crippen LogP contribution is -2.05. The van der Waals surface area contributed by atoms with Crippen molar-refractivity contribution >= 4 is 0 Å². The highest BCUT2D eigenvalue weighted by Gasteiger charge is 2.30. The Hall–Kier alpha value is -2.50. The second-order valence-electron chi connectivity index (χ2n) is 5.64. The molecule has 0 N–H and O–H groups in total. The van der Waals surface area contributed by atoms with Crippen LogP contribution < -0.4 is 0 Å². The predicted octanol–water partition coefficient (Wildman–Crippen LogP) is 3.31. The van der Waals surface area contributed by atoms with Gasteiger partial charge in [-0.15, -0.1) is 10.2 Å². The largest absolute Gasteiger partial charge is 0.419 e. The molecule has 0 bridgehead atoms. The molecule has 0 atom stereocenters. The second-order valence-corrected chi connectivity index (χ2v) is 5.64. The first-order valence-electron chi connectivity index (χ1n) is 7.32. The average Bonchev–Trinajstić information content (AvgIpc) is 3.13. The van der Waals surface area contributed by atoms with E-state index in [1.165, 1.54) is 6.07 Å². The quantitative estimate of drug-likeness (QED) is 0.741. The number of hydrogen-bond acceptors (Lipinski definition) is 4. The molecule has 1 aromatic carbocycles. The first-order valence-corrected chi connectivity index (χ1v) is 7.32. The SMILES string of the molecule is Cc1cc(-c2nnc(C3CC3)o2)nn1Cc1ccccc1F. The van der Waals surface area contributed by atoms with E-state index >= 15 is 0 Å². The van der Waals surface area contributed by atoms with Crippen LogP contribution in [-0.2, 0) is 6.54 Å². The number of hydrogen-bond donors (Lipinski definition) is 0. The van der Waals surface area contributed by atoms with Gasteiger partial charge in [-0.1, -0.05) is 18.2 Å². The van der Waals surface area contributed by atoms with Crippen LogP contribution in [0.3, 0.4) is 0 Å². The topological polar surface area (TPSA) is 56.7 Å². The van der Waals surface area contributed by atoms with E-state index in [0.29, 0.717) is 35.5 Å². The lowest BCUT2D eigenvalue weighted by Gasteiger charge is -2.05. The molecule has 2 aromatic heterocycles. The van der Waals surface area contributed by atoms with Crippen LogP contribution in [0.1, 0.15) is 35.9 Å². The molecule has 6 heteroatoms. The molecule has 0 spiro atoms.